The van der Waals surface area contributed by atoms with Gasteiger partial charge in [0.2, 0.25) is 0 Å². The molecule has 0 aromatic carbocycles. The van der Waals surface area contributed by atoms with Crippen molar-refractivity contribution in [1.29, 1.82) is 0 Å². The molecule has 4 nitrogen and oxygen atoms in total. The number of nitrogens with one attached hydrogen (secondary N) is 2. The molecule has 4 heteroatoms. The molecule has 0 aromatic rings. The standard InChI is InChI=1S/C8H12N2O2/c1-3-7(2)4-8(7)5(11)9-6(12)10-8/h3-4H2,1-2H3,(H2,9,10,11,12)/t7-,8-/m1/s1. The first-order chi connectivity index (χ1) is 5.54. The van der Waals surface area contributed by atoms with E-state index in [1.165, 1.54) is 0 Å². The highest BCUT2D eigenvalue weighted by molar-refractivity contribution is 6.09. The van der Waals surface area contributed by atoms with Crippen molar-refractivity contribution >= 4 is 11.9 Å². The molecule has 2 aliphatic rings. The summed E-state index contributed by atoms with van der Waals surface area (Å²) in [6.07, 6.45) is 1.69. The summed E-state index contributed by atoms with van der Waals surface area (Å²) in [5, 5.41) is 4.97. The van der Waals surface area contributed by atoms with Crippen LogP contribution >= 0.6 is 0 Å². The van der Waals surface area contributed by atoms with Crippen molar-refractivity contribution < 1.29 is 9.59 Å². The SMILES string of the molecule is CC[C@]1(C)C[C@]12NC(=O)NC2=O. The quantitative estimate of drug-likeness (QED) is 0.556. The largest absolute Gasteiger partial charge is 0.323 e. The molecule has 2 rings (SSSR count). The van der Waals surface area contributed by atoms with Crippen molar-refractivity contribution in [3.63, 3.8) is 0 Å². The molecule has 3 amide bonds. The zero-order valence-corrected chi connectivity index (χ0v) is 7.23. The van der Waals surface area contributed by atoms with Crippen LogP contribution in [0.4, 0.5) is 4.79 Å². The molecule has 1 spiro atoms. The van der Waals surface area contributed by atoms with Crippen molar-refractivity contribution in [2.75, 3.05) is 0 Å². The maximum absolute atomic E-state index is 11.3. The van der Waals surface area contributed by atoms with Crippen molar-refractivity contribution in [3.05, 3.63) is 0 Å². The van der Waals surface area contributed by atoms with Crippen LogP contribution in [0.3, 0.4) is 0 Å². The fourth-order valence-corrected chi connectivity index (χ4v) is 2.01. The van der Waals surface area contributed by atoms with Gasteiger partial charge >= 0.3 is 6.03 Å². The lowest BCUT2D eigenvalue weighted by molar-refractivity contribution is -0.121. The van der Waals surface area contributed by atoms with Gasteiger partial charge in [-0.3, -0.25) is 10.1 Å². The second-order valence-electron chi connectivity index (χ2n) is 3.90. The van der Waals surface area contributed by atoms with Crippen LogP contribution in [-0.4, -0.2) is 17.5 Å². The fraction of sp³-hybridized carbons (Fsp3) is 0.750. The van der Waals surface area contributed by atoms with E-state index in [0.717, 1.165) is 12.8 Å². The second-order valence-corrected chi connectivity index (χ2v) is 3.90. The van der Waals surface area contributed by atoms with Crippen molar-refractivity contribution in [3.8, 4) is 0 Å². The Bertz CT molecular complexity index is 276. The zero-order valence-electron chi connectivity index (χ0n) is 7.23. The van der Waals surface area contributed by atoms with Gasteiger partial charge in [0, 0.05) is 5.41 Å². The zero-order chi connectivity index (χ0) is 8.98. The average molecular weight is 168 g/mol. The molecular weight excluding hydrogens is 156 g/mol. The van der Waals surface area contributed by atoms with Crippen molar-refractivity contribution in [1.82, 2.24) is 10.6 Å². The predicted octanol–water partition coefficient (Wildman–Crippen LogP) is 0.385. The molecule has 1 aliphatic carbocycles. The van der Waals surface area contributed by atoms with Crippen LogP contribution in [0.2, 0.25) is 0 Å². The third-order valence-corrected chi connectivity index (χ3v) is 3.28. The first-order valence-electron chi connectivity index (χ1n) is 4.18. The Labute approximate surface area is 70.7 Å². The van der Waals surface area contributed by atoms with Crippen LogP contribution in [-0.2, 0) is 4.79 Å². The molecule has 1 saturated carbocycles. The van der Waals surface area contributed by atoms with E-state index >= 15 is 0 Å². The molecular formula is C8H12N2O2. The number of amides is 3. The summed E-state index contributed by atoms with van der Waals surface area (Å²) in [7, 11) is 0. The minimum absolute atomic E-state index is 0.0246. The van der Waals surface area contributed by atoms with Crippen molar-refractivity contribution in [2.45, 2.75) is 32.2 Å². The summed E-state index contributed by atoms with van der Waals surface area (Å²) in [6.45, 7) is 4.06. The Morgan fingerprint density at radius 1 is 1.50 bits per heavy atom. The Morgan fingerprint density at radius 2 is 2.17 bits per heavy atom. The first-order valence-corrected chi connectivity index (χ1v) is 4.18. The van der Waals surface area contributed by atoms with Crippen LogP contribution in [0.1, 0.15) is 26.7 Å². The Kier molecular flexibility index (Phi) is 1.14. The van der Waals surface area contributed by atoms with Gasteiger partial charge in [-0.2, -0.15) is 0 Å². The number of rotatable bonds is 1. The summed E-state index contributed by atoms with van der Waals surface area (Å²) < 4.78 is 0. The van der Waals surface area contributed by atoms with E-state index in [2.05, 4.69) is 10.6 Å². The van der Waals surface area contributed by atoms with Gasteiger partial charge < -0.3 is 5.32 Å². The number of imide groups is 1. The Hall–Kier alpha value is -1.06. The Morgan fingerprint density at radius 3 is 2.50 bits per heavy atom. The van der Waals surface area contributed by atoms with Gasteiger partial charge in [0.1, 0.15) is 5.54 Å². The average Bonchev–Trinajstić information content (AvgIpc) is 2.47. The molecule has 2 atom stereocenters. The van der Waals surface area contributed by atoms with E-state index in [-0.39, 0.29) is 17.4 Å². The summed E-state index contributed by atoms with van der Waals surface area (Å²) >= 11 is 0. The molecule has 0 bridgehead atoms. The van der Waals surface area contributed by atoms with Crippen LogP contribution in [0.25, 0.3) is 0 Å². The fourth-order valence-electron chi connectivity index (χ4n) is 2.01. The highest BCUT2D eigenvalue weighted by Gasteiger charge is 2.71. The second kappa shape index (κ2) is 1.81. The van der Waals surface area contributed by atoms with Crippen molar-refractivity contribution in [2.24, 2.45) is 5.41 Å². The molecule has 2 fully saturated rings. The molecule has 0 radical (unpaired) electrons. The van der Waals surface area contributed by atoms with Gasteiger partial charge in [-0.05, 0) is 12.8 Å². The maximum atomic E-state index is 11.3. The highest BCUT2D eigenvalue weighted by atomic mass is 16.2. The number of hydrogen-bond acceptors (Lipinski definition) is 2. The third-order valence-electron chi connectivity index (χ3n) is 3.28. The van der Waals surface area contributed by atoms with Gasteiger partial charge in [-0.1, -0.05) is 13.8 Å². The van der Waals surface area contributed by atoms with E-state index in [9.17, 15) is 9.59 Å². The molecule has 1 aliphatic heterocycles. The number of carbonyl (C=O) groups excluding carboxylic acids is 2. The van der Waals surface area contributed by atoms with Crippen LogP contribution in [0.15, 0.2) is 0 Å². The van der Waals surface area contributed by atoms with E-state index in [1.807, 2.05) is 13.8 Å². The lowest BCUT2D eigenvalue weighted by Crippen LogP contribution is -2.37. The van der Waals surface area contributed by atoms with Crippen LogP contribution < -0.4 is 10.6 Å². The molecule has 1 saturated heterocycles. The summed E-state index contributed by atoms with van der Waals surface area (Å²) in [4.78, 5) is 22.2. The van der Waals surface area contributed by atoms with E-state index in [0.29, 0.717) is 0 Å². The Balaban J connectivity index is 2.27. The normalized spacial score (nSPS) is 44.5. The summed E-state index contributed by atoms with van der Waals surface area (Å²) in [5.41, 5.74) is -0.595. The lowest BCUT2D eigenvalue weighted by Gasteiger charge is -2.12. The van der Waals surface area contributed by atoms with E-state index in [1.54, 1.807) is 0 Å². The van der Waals surface area contributed by atoms with Gasteiger partial charge in [-0.25, -0.2) is 4.79 Å². The molecule has 1 heterocycles. The van der Waals surface area contributed by atoms with Gasteiger partial charge in [-0.15, -0.1) is 0 Å². The minimum atomic E-state index is -0.571. The number of urea groups is 1. The lowest BCUT2D eigenvalue weighted by atomic mass is 9.99. The van der Waals surface area contributed by atoms with Gasteiger partial charge in [0.25, 0.3) is 5.91 Å². The highest BCUT2D eigenvalue weighted by Crippen LogP contribution is 2.59. The molecule has 2 N–H and O–H groups in total. The number of carbonyl (C=O) groups is 2. The maximum Gasteiger partial charge on any atom is 0.322 e. The monoisotopic (exact) mass is 168 g/mol. The van der Waals surface area contributed by atoms with E-state index in [4.69, 9.17) is 0 Å². The molecule has 66 valence electrons. The topological polar surface area (TPSA) is 58.2 Å². The first kappa shape index (κ1) is 7.58. The van der Waals surface area contributed by atoms with Crippen LogP contribution in [0.5, 0.6) is 0 Å². The van der Waals surface area contributed by atoms with E-state index < -0.39 is 5.54 Å². The summed E-state index contributed by atoms with van der Waals surface area (Å²) in [6, 6.07) is -0.350. The third kappa shape index (κ3) is 0.629. The minimum Gasteiger partial charge on any atom is -0.323 e. The predicted molar refractivity (Wildman–Crippen MR) is 42.4 cm³/mol. The summed E-state index contributed by atoms with van der Waals surface area (Å²) in [5.74, 6) is -0.156. The molecule has 0 aromatic heterocycles. The smallest absolute Gasteiger partial charge is 0.322 e. The van der Waals surface area contributed by atoms with Gasteiger partial charge in [0.15, 0.2) is 0 Å². The molecule has 0 unspecified atom stereocenters. The van der Waals surface area contributed by atoms with Gasteiger partial charge in [0.05, 0.1) is 0 Å². The van der Waals surface area contributed by atoms with Crippen LogP contribution in [0, 0.1) is 5.41 Å². The molecule has 12 heavy (non-hydrogen) atoms. The number of hydrogen-bond donors (Lipinski definition) is 2.